The van der Waals surface area contributed by atoms with Crippen molar-refractivity contribution >= 4 is 22.4 Å². The number of hydrogen-bond acceptors (Lipinski definition) is 4. The highest BCUT2D eigenvalue weighted by Gasteiger charge is 2.24. The van der Waals surface area contributed by atoms with Gasteiger partial charge in [0.1, 0.15) is 0 Å². The highest BCUT2D eigenvalue weighted by atomic mass is 32.1. The molecule has 1 aliphatic heterocycles. The number of hydrogen-bond donors (Lipinski definition) is 1. The topological polar surface area (TPSA) is 53.4 Å². The fraction of sp³-hybridized carbons (Fsp3) is 0.692. The van der Waals surface area contributed by atoms with Crippen molar-refractivity contribution in [2.45, 2.75) is 39.5 Å². The minimum atomic E-state index is -0.816. The van der Waals surface area contributed by atoms with Crippen LogP contribution in [-0.4, -0.2) is 29.1 Å². The monoisotopic (exact) mass is 268 g/mol. The Hall–Kier alpha value is -1.10. The molecule has 0 amide bonds. The summed E-state index contributed by atoms with van der Waals surface area (Å²) in [5, 5.41) is 11.6. The molecule has 0 spiro atoms. The van der Waals surface area contributed by atoms with Gasteiger partial charge in [0, 0.05) is 18.5 Å². The van der Waals surface area contributed by atoms with Crippen LogP contribution in [0.25, 0.3) is 0 Å². The molecule has 1 aromatic rings. The molecule has 1 aromatic heterocycles. The Kier molecular flexibility index (Phi) is 3.90. The third-order valence-electron chi connectivity index (χ3n) is 3.48. The van der Waals surface area contributed by atoms with Crippen LogP contribution in [0.2, 0.25) is 0 Å². The molecule has 0 saturated carbocycles. The Balaban J connectivity index is 2.03. The molecule has 2 rings (SSSR count). The van der Waals surface area contributed by atoms with E-state index in [9.17, 15) is 4.79 Å². The van der Waals surface area contributed by atoms with E-state index < -0.39 is 5.97 Å². The lowest BCUT2D eigenvalue weighted by Gasteiger charge is -2.22. The average molecular weight is 268 g/mol. The number of thiazole rings is 1. The molecule has 0 radical (unpaired) electrons. The number of carboxylic acids is 1. The zero-order chi connectivity index (χ0) is 13.2. The molecule has 0 aliphatic carbocycles. The zero-order valence-corrected chi connectivity index (χ0v) is 11.8. The van der Waals surface area contributed by atoms with Crippen LogP contribution in [0.3, 0.4) is 0 Å². The summed E-state index contributed by atoms with van der Waals surface area (Å²) in [7, 11) is 0. The maximum Gasteiger partial charge on any atom is 0.309 e. The number of rotatable bonds is 3. The van der Waals surface area contributed by atoms with Crippen LogP contribution in [0.15, 0.2) is 5.38 Å². The fourth-order valence-corrected chi connectivity index (χ4v) is 3.17. The van der Waals surface area contributed by atoms with Crippen LogP contribution >= 0.6 is 11.3 Å². The summed E-state index contributed by atoms with van der Waals surface area (Å²) in [5.41, 5.74) is 1.08. The Morgan fingerprint density at radius 3 is 3.00 bits per heavy atom. The molecular weight excluding hydrogens is 248 g/mol. The molecule has 1 fully saturated rings. The smallest absolute Gasteiger partial charge is 0.309 e. The third kappa shape index (κ3) is 3.45. The Bertz CT molecular complexity index is 428. The highest BCUT2D eigenvalue weighted by molar-refractivity contribution is 7.13. The van der Waals surface area contributed by atoms with Crippen LogP contribution in [-0.2, 0) is 11.2 Å². The fourth-order valence-electron chi connectivity index (χ4n) is 2.29. The van der Waals surface area contributed by atoms with Crippen molar-refractivity contribution in [1.29, 1.82) is 0 Å². The average Bonchev–Trinajstić information content (AvgIpc) is 2.62. The second-order valence-electron chi connectivity index (χ2n) is 5.70. The van der Waals surface area contributed by atoms with Gasteiger partial charge >= 0.3 is 5.97 Å². The number of aromatic nitrogens is 1. The minimum Gasteiger partial charge on any atom is -0.481 e. The van der Waals surface area contributed by atoms with Crippen LogP contribution in [0.1, 0.15) is 38.8 Å². The van der Waals surface area contributed by atoms with Crippen molar-refractivity contribution in [2.75, 3.05) is 18.0 Å². The first-order chi connectivity index (χ1) is 8.46. The summed E-state index contributed by atoms with van der Waals surface area (Å²) in [6.45, 7) is 6.68. The number of aliphatic carboxylic acids is 1. The van der Waals surface area contributed by atoms with Gasteiger partial charge in [-0.1, -0.05) is 13.8 Å². The molecule has 5 heteroatoms. The van der Waals surface area contributed by atoms with Gasteiger partial charge in [0.2, 0.25) is 0 Å². The lowest BCUT2D eigenvalue weighted by Crippen LogP contribution is -2.24. The molecule has 100 valence electrons. The molecule has 18 heavy (non-hydrogen) atoms. The van der Waals surface area contributed by atoms with Crippen LogP contribution in [0.4, 0.5) is 5.13 Å². The number of nitrogens with zero attached hydrogens (tertiary/aromatic N) is 2. The SMILES string of the molecule is CC1(C)CCCN(c2nc(CC(=O)O)cs2)CC1. The maximum absolute atomic E-state index is 10.6. The van der Waals surface area contributed by atoms with Crippen LogP contribution < -0.4 is 4.90 Å². The van der Waals surface area contributed by atoms with Gasteiger partial charge in [-0.05, 0) is 24.7 Å². The van der Waals surface area contributed by atoms with Crippen molar-refractivity contribution in [3.8, 4) is 0 Å². The largest absolute Gasteiger partial charge is 0.481 e. The first kappa shape index (κ1) is 13.3. The molecule has 0 bridgehead atoms. The van der Waals surface area contributed by atoms with Gasteiger partial charge in [-0.3, -0.25) is 4.79 Å². The molecule has 1 N–H and O–H groups in total. The predicted octanol–water partition coefficient (Wildman–Crippen LogP) is 2.79. The Labute approximate surface area is 112 Å². The molecule has 0 aromatic carbocycles. The van der Waals surface area contributed by atoms with E-state index in [2.05, 4.69) is 23.7 Å². The Morgan fingerprint density at radius 2 is 2.28 bits per heavy atom. The van der Waals surface area contributed by atoms with Gasteiger partial charge < -0.3 is 10.0 Å². The van der Waals surface area contributed by atoms with Gasteiger partial charge in [0.25, 0.3) is 0 Å². The lowest BCUT2D eigenvalue weighted by atomic mass is 9.85. The van der Waals surface area contributed by atoms with Crippen molar-refractivity contribution in [1.82, 2.24) is 4.98 Å². The molecule has 2 heterocycles. The van der Waals surface area contributed by atoms with Gasteiger partial charge in [0.15, 0.2) is 5.13 Å². The van der Waals surface area contributed by atoms with E-state index in [-0.39, 0.29) is 6.42 Å². The van der Waals surface area contributed by atoms with E-state index >= 15 is 0 Å². The van der Waals surface area contributed by atoms with Crippen LogP contribution in [0, 0.1) is 5.41 Å². The number of carbonyl (C=O) groups is 1. The summed E-state index contributed by atoms with van der Waals surface area (Å²) < 4.78 is 0. The second-order valence-corrected chi connectivity index (χ2v) is 6.53. The normalized spacial score (nSPS) is 19.6. The van der Waals surface area contributed by atoms with Gasteiger partial charge in [-0.2, -0.15) is 0 Å². The van der Waals surface area contributed by atoms with Crippen molar-refractivity contribution in [3.05, 3.63) is 11.1 Å². The van der Waals surface area contributed by atoms with Crippen LogP contribution in [0.5, 0.6) is 0 Å². The molecule has 0 unspecified atom stereocenters. The summed E-state index contributed by atoms with van der Waals surface area (Å²) in [4.78, 5) is 17.4. The zero-order valence-electron chi connectivity index (χ0n) is 11.0. The Morgan fingerprint density at radius 1 is 1.50 bits per heavy atom. The molecule has 1 aliphatic rings. The highest BCUT2D eigenvalue weighted by Crippen LogP contribution is 2.32. The molecular formula is C13H20N2O2S. The maximum atomic E-state index is 10.6. The predicted molar refractivity (Wildman–Crippen MR) is 73.3 cm³/mol. The number of anilines is 1. The first-order valence-corrected chi connectivity index (χ1v) is 7.25. The standard InChI is InChI=1S/C13H20N2O2S/c1-13(2)4-3-6-15(7-5-13)12-14-10(9-18-12)8-11(16)17/h9H,3-8H2,1-2H3,(H,16,17). The van der Waals surface area contributed by atoms with E-state index in [0.29, 0.717) is 11.1 Å². The van der Waals surface area contributed by atoms with Crippen molar-refractivity contribution in [3.63, 3.8) is 0 Å². The van der Waals surface area contributed by atoms with E-state index in [1.807, 2.05) is 5.38 Å². The lowest BCUT2D eigenvalue weighted by molar-refractivity contribution is -0.136. The van der Waals surface area contributed by atoms with Gasteiger partial charge in [-0.15, -0.1) is 11.3 Å². The van der Waals surface area contributed by atoms with E-state index in [1.54, 1.807) is 11.3 Å². The summed E-state index contributed by atoms with van der Waals surface area (Å²) in [6.07, 6.45) is 3.62. The van der Waals surface area contributed by atoms with E-state index in [1.165, 1.54) is 19.3 Å². The molecule has 1 saturated heterocycles. The second kappa shape index (κ2) is 5.26. The van der Waals surface area contributed by atoms with Gasteiger partial charge in [0.05, 0.1) is 12.1 Å². The van der Waals surface area contributed by atoms with Crippen molar-refractivity contribution in [2.24, 2.45) is 5.41 Å². The molecule has 4 nitrogen and oxygen atoms in total. The van der Waals surface area contributed by atoms with Gasteiger partial charge in [-0.25, -0.2) is 4.98 Å². The third-order valence-corrected chi connectivity index (χ3v) is 4.43. The van der Waals surface area contributed by atoms with Crippen molar-refractivity contribution < 1.29 is 9.90 Å². The summed E-state index contributed by atoms with van der Waals surface area (Å²) in [5.74, 6) is -0.816. The number of carboxylic acid groups (broad SMARTS) is 1. The molecule has 0 atom stereocenters. The minimum absolute atomic E-state index is 0.0236. The van der Waals surface area contributed by atoms with E-state index in [4.69, 9.17) is 5.11 Å². The first-order valence-electron chi connectivity index (χ1n) is 6.37. The van der Waals surface area contributed by atoms with E-state index in [0.717, 1.165) is 18.2 Å². The summed E-state index contributed by atoms with van der Waals surface area (Å²) in [6, 6.07) is 0. The quantitative estimate of drug-likeness (QED) is 0.916. The summed E-state index contributed by atoms with van der Waals surface area (Å²) >= 11 is 1.56.